The Morgan fingerprint density at radius 2 is 0.521 bits per heavy atom. The molecule has 0 aromatic rings. The molecule has 0 unspecified atom stereocenters. The molecule has 0 radical (unpaired) electrons. The quantitative estimate of drug-likeness (QED) is 0.0261. The topological polar surface area (TPSA) is 78.9 Å². The van der Waals surface area contributed by atoms with Crippen LogP contribution in [0.1, 0.15) is 316 Å². The summed E-state index contributed by atoms with van der Waals surface area (Å²) < 4.78 is 16.9. The first kappa shape index (κ1) is 68.1. The predicted octanol–water partition coefficient (Wildman–Crippen LogP) is 20.8. The number of carbonyl (C=O) groups excluding carboxylic acids is 3. The third kappa shape index (κ3) is 57.9. The molecule has 412 valence electrons. The highest BCUT2D eigenvalue weighted by Gasteiger charge is 2.19. The number of esters is 3. The van der Waals surface area contributed by atoms with Crippen LogP contribution in [0.25, 0.3) is 0 Å². The summed E-state index contributed by atoms with van der Waals surface area (Å²) in [6, 6.07) is 0. The van der Waals surface area contributed by atoms with Crippen LogP contribution in [-0.4, -0.2) is 37.2 Å². The smallest absolute Gasteiger partial charge is 0.306 e. The van der Waals surface area contributed by atoms with Gasteiger partial charge < -0.3 is 14.2 Å². The first-order valence-electron chi connectivity index (χ1n) is 30.8. The Kier molecular flexibility index (Phi) is 57.2. The van der Waals surface area contributed by atoms with Crippen LogP contribution in [-0.2, 0) is 28.6 Å². The molecular formula is C65H116O6. The summed E-state index contributed by atoms with van der Waals surface area (Å²) in [6.45, 7) is 6.61. The number of unbranched alkanes of at least 4 members (excludes halogenated alkanes) is 35. The molecule has 0 bridgehead atoms. The third-order valence-corrected chi connectivity index (χ3v) is 13.5. The van der Waals surface area contributed by atoms with Crippen molar-refractivity contribution in [2.45, 2.75) is 322 Å². The van der Waals surface area contributed by atoms with E-state index in [1.54, 1.807) is 0 Å². The predicted molar refractivity (Wildman–Crippen MR) is 307 cm³/mol. The van der Waals surface area contributed by atoms with Gasteiger partial charge in [0.1, 0.15) is 13.2 Å². The second kappa shape index (κ2) is 59.7. The van der Waals surface area contributed by atoms with Crippen LogP contribution in [0.5, 0.6) is 0 Å². The third-order valence-electron chi connectivity index (χ3n) is 13.5. The van der Waals surface area contributed by atoms with Gasteiger partial charge in [0.15, 0.2) is 6.10 Å². The molecule has 0 rings (SSSR count). The highest BCUT2D eigenvalue weighted by Crippen LogP contribution is 2.16. The molecule has 0 fully saturated rings. The van der Waals surface area contributed by atoms with Gasteiger partial charge in [-0.1, -0.05) is 255 Å². The van der Waals surface area contributed by atoms with E-state index in [2.05, 4.69) is 81.5 Å². The average molecular weight is 994 g/mol. The molecule has 0 amide bonds. The van der Waals surface area contributed by atoms with Crippen molar-refractivity contribution in [1.29, 1.82) is 0 Å². The molecule has 0 heterocycles. The molecule has 0 aromatic carbocycles. The normalized spacial score (nSPS) is 12.4. The Morgan fingerprint density at radius 3 is 0.859 bits per heavy atom. The summed E-state index contributed by atoms with van der Waals surface area (Å²) in [4.78, 5) is 38.2. The Bertz CT molecular complexity index is 1280. The maximum absolute atomic E-state index is 12.9. The van der Waals surface area contributed by atoms with Gasteiger partial charge in [-0.25, -0.2) is 0 Å². The fourth-order valence-corrected chi connectivity index (χ4v) is 8.80. The minimum Gasteiger partial charge on any atom is -0.462 e. The Balaban J connectivity index is 4.41. The van der Waals surface area contributed by atoms with Crippen LogP contribution in [0.15, 0.2) is 60.8 Å². The number of rotatable bonds is 56. The second-order valence-corrected chi connectivity index (χ2v) is 20.6. The van der Waals surface area contributed by atoms with E-state index in [1.165, 1.54) is 205 Å². The van der Waals surface area contributed by atoms with E-state index in [-0.39, 0.29) is 37.5 Å². The molecule has 1 atom stereocenters. The zero-order chi connectivity index (χ0) is 51.4. The van der Waals surface area contributed by atoms with Crippen LogP contribution in [0, 0.1) is 0 Å². The van der Waals surface area contributed by atoms with Crippen molar-refractivity contribution < 1.29 is 28.6 Å². The molecule has 0 spiro atoms. The minimum atomic E-state index is -0.798. The lowest BCUT2D eigenvalue weighted by Gasteiger charge is -2.18. The summed E-state index contributed by atoms with van der Waals surface area (Å²) in [5, 5.41) is 0. The summed E-state index contributed by atoms with van der Waals surface area (Å²) in [6.07, 6.45) is 75.1. The lowest BCUT2D eigenvalue weighted by molar-refractivity contribution is -0.167. The molecule has 0 aliphatic rings. The average Bonchev–Trinajstić information content (AvgIpc) is 3.37. The van der Waals surface area contributed by atoms with Crippen molar-refractivity contribution in [1.82, 2.24) is 0 Å². The molecule has 0 saturated heterocycles. The van der Waals surface area contributed by atoms with Crippen molar-refractivity contribution >= 4 is 17.9 Å². The van der Waals surface area contributed by atoms with Crippen LogP contribution in [0.2, 0.25) is 0 Å². The first-order valence-corrected chi connectivity index (χ1v) is 30.8. The zero-order valence-corrected chi connectivity index (χ0v) is 47.2. The molecule has 0 aliphatic carbocycles. The van der Waals surface area contributed by atoms with Gasteiger partial charge in [0.05, 0.1) is 0 Å². The first-order chi connectivity index (χ1) is 35.0. The largest absolute Gasteiger partial charge is 0.462 e. The van der Waals surface area contributed by atoms with Crippen molar-refractivity contribution in [2.24, 2.45) is 0 Å². The molecule has 6 heteroatoms. The van der Waals surface area contributed by atoms with Crippen molar-refractivity contribution in [3.8, 4) is 0 Å². The number of carbonyl (C=O) groups is 3. The number of hydrogen-bond acceptors (Lipinski definition) is 6. The molecular weight excluding hydrogens is 877 g/mol. The van der Waals surface area contributed by atoms with E-state index in [0.717, 1.165) is 64.2 Å². The lowest BCUT2D eigenvalue weighted by atomic mass is 10.0. The molecule has 6 nitrogen and oxygen atoms in total. The summed E-state index contributed by atoms with van der Waals surface area (Å²) in [7, 11) is 0. The highest BCUT2D eigenvalue weighted by molar-refractivity contribution is 5.71. The highest BCUT2D eigenvalue weighted by atomic mass is 16.6. The van der Waals surface area contributed by atoms with Crippen LogP contribution >= 0.6 is 0 Å². The zero-order valence-electron chi connectivity index (χ0n) is 47.2. The van der Waals surface area contributed by atoms with Gasteiger partial charge in [-0.3, -0.25) is 14.4 Å². The molecule has 0 aliphatic heterocycles. The monoisotopic (exact) mass is 993 g/mol. The van der Waals surface area contributed by atoms with Crippen molar-refractivity contribution in [3.05, 3.63) is 60.8 Å². The van der Waals surface area contributed by atoms with E-state index < -0.39 is 6.10 Å². The van der Waals surface area contributed by atoms with Gasteiger partial charge in [-0.05, 0) is 103 Å². The minimum absolute atomic E-state index is 0.0928. The molecule has 0 saturated carbocycles. The van der Waals surface area contributed by atoms with Crippen molar-refractivity contribution in [2.75, 3.05) is 13.2 Å². The van der Waals surface area contributed by atoms with E-state index in [0.29, 0.717) is 19.3 Å². The fourth-order valence-electron chi connectivity index (χ4n) is 8.80. The van der Waals surface area contributed by atoms with Gasteiger partial charge in [0.2, 0.25) is 0 Å². The van der Waals surface area contributed by atoms with Crippen LogP contribution < -0.4 is 0 Å². The lowest BCUT2D eigenvalue weighted by Crippen LogP contribution is -2.30. The van der Waals surface area contributed by atoms with E-state index in [4.69, 9.17) is 14.2 Å². The molecule has 71 heavy (non-hydrogen) atoms. The molecule has 0 N–H and O–H groups in total. The Morgan fingerprint density at radius 1 is 0.282 bits per heavy atom. The Labute approximate surface area is 440 Å². The fraction of sp³-hybridized carbons (Fsp3) is 0.800. The van der Waals surface area contributed by atoms with E-state index >= 15 is 0 Å². The SMILES string of the molecule is CCCCCCCC/C=C\C/C=C\C/C=C\CCCC(=O)OC[C@H](COC(=O)CCCCCCC/C=C\CCCCCCCC)OC(=O)CCCCCCCCCCCCC/C=C\CCCCCCCC. The van der Waals surface area contributed by atoms with E-state index in [9.17, 15) is 14.4 Å². The number of allylic oxidation sites excluding steroid dienone is 10. The van der Waals surface area contributed by atoms with Crippen LogP contribution in [0.3, 0.4) is 0 Å². The maximum Gasteiger partial charge on any atom is 0.306 e. The standard InChI is InChI=1S/C65H116O6/c1-4-7-10-13-16-19-22-25-28-30-31-32-33-35-38-41-44-47-50-53-56-59-65(68)71-62(60-69-63(66)57-54-51-48-45-42-39-36-27-24-21-18-15-12-9-6-3)61-70-64(67)58-55-52-49-46-43-40-37-34-29-26-23-20-17-14-11-8-5-2/h25-29,36-37,40,46,49,62H,4-24,30-35,38-39,41-45,47-48,50-61H2,1-3H3/b28-25-,29-26-,36-27-,40-37-,49-46-/t62-/m0/s1. The van der Waals surface area contributed by atoms with Gasteiger partial charge in [0, 0.05) is 19.3 Å². The number of ether oxygens (including phenoxy) is 3. The van der Waals surface area contributed by atoms with Gasteiger partial charge in [-0.2, -0.15) is 0 Å². The summed E-state index contributed by atoms with van der Waals surface area (Å²) >= 11 is 0. The van der Waals surface area contributed by atoms with Gasteiger partial charge in [-0.15, -0.1) is 0 Å². The second-order valence-electron chi connectivity index (χ2n) is 20.6. The van der Waals surface area contributed by atoms with E-state index in [1.807, 2.05) is 0 Å². The summed E-state index contributed by atoms with van der Waals surface area (Å²) in [5.41, 5.74) is 0. The van der Waals surface area contributed by atoms with Gasteiger partial charge >= 0.3 is 17.9 Å². The Hall–Kier alpha value is -2.89. The van der Waals surface area contributed by atoms with Crippen LogP contribution in [0.4, 0.5) is 0 Å². The number of hydrogen-bond donors (Lipinski definition) is 0. The molecule has 0 aromatic heterocycles. The maximum atomic E-state index is 12.9. The van der Waals surface area contributed by atoms with Crippen molar-refractivity contribution in [3.63, 3.8) is 0 Å². The summed E-state index contributed by atoms with van der Waals surface area (Å²) in [5.74, 6) is -0.942. The van der Waals surface area contributed by atoms with Gasteiger partial charge in [0.25, 0.3) is 0 Å².